The largest absolute Gasteiger partial charge is 0.465 e. The minimum atomic E-state index is -0.490. The first-order valence-corrected chi connectivity index (χ1v) is 10.2. The van der Waals surface area contributed by atoms with Crippen LogP contribution in [0.1, 0.15) is 68.6 Å². The molecule has 1 aromatic carbocycles. The van der Waals surface area contributed by atoms with Gasteiger partial charge in [0.15, 0.2) is 0 Å². The van der Waals surface area contributed by atoms with E-state index in [0.717, 1.165) is 12.8 Å². The van der Waals surface area contributed by atoms with Gasteiger partial charge in [0.2, 0.25) is 0 Å². The molecule has 2 rings (SSSR count). The Hall–Kier alpha value is -2.44. The number of non-ortho nitro benzene ring substituents is 1. The number of nitrogens with zero attached hydrogens (tertiary/aromatic N) is 2. The lowest BCUT2D eigenvalue weighted by Crippen LogP contribution is -2.40. The number of piperidine rings is 1. The number of esters is 1. The molecule has 0 aromatic heterocycles. The van der Waals surface area contributed by atoms with Crippen LogP contribution in [0.15, 0.2) is 24.3 Å². The zero-order valence-corrected chi connectivity index (χ0v) is 16.6. The molecule has 0 N–H and O–H groups in total. The lowest BCUT2D eigenvalue weighted by Gasteiger charge is -2.31. The molecule has 0 atom stereocenters. The van der Waals surface area contributed by atoms with E-state index in [0.29, 0.717) is 38.1 Å². The highest BCUT2D eigenvalue weighted by Crippen LogP contribution is 2.21. The van der Waals surface area contributed by atoms with Gasteiger partial charge in [0.1, 0.15) is 0 Å². The number of ether oxygens (including phenoxy) is 1. The molecule has 0 unspecified atom stereocenters. The van der Waals surface area contributed by atoms with Crippen molar-refractivity contribution in [3.8, 4) is 0 Å². The van der Waals surface area contributed by atoms with Crippen molar-refractivity contribution in [3.63, 3.8) is 0 Å². The minimum Gasteiger partial charge on any atom is -0.465 e. The van der Waals surface area contributed by atoms with Crippen molar-refractivity contribution in [2.75, 3.05) is 19.7 Å². The smallest absolute Gasteiger partial charge is 0.309 e. The second-order valence-electron chi connectivity index (χ2n) is 7.31. The molecule has 0 spiro atoms. The number of likely N-dealkylation sites (tertiary alicyclic amines) is 1. The Labute approximate surface area is 166 Å². The molecule has 0 bridgehead atoms. The highest BCUT2D eigenvalue weighted by molar-refractivity contribution is 5.94. The lowest BCUT2D eigenvalue weighted by atomic mass is 9.96. The minimum absolute atomic E-state index is 0.0385. The number of hydrogen-bond donors (Lipinski definition) is 0. The number of carbonyl (C=O) groups excluding carboxylic acids is 2. The summed E-state index contributed by atoms with van der Waals surface area (Å²) < 4.78 is 5.40. The molecule has 7 nitrogen and oxygen atoms in total. The van der Waals surface area contributed by atoms with E-state index in [2.05, 4.69) is 6.92 Å². The maximum absolute atomic E-state index is 12.5. The van der Waals surface area contributed by atoms with Crippen LogP contribution >= 0.6 is 0 Å². The van der Waals surface area contributed by atoms with Gasteiger partial charge in [-0.25, -0.2) is 0 Å². The molecule has 1 aromatic rings. The topological polar surface area (TPSA) is 89.8 Å². The van der Waals surface area contributed by atoms with E-state index >= 15 is 0 Å². The van der Waals surface area contributed by atoms with E-state index in [1.807, 2.05) is 0 Å². The van der Waals surface area contributed by atoms with Gasteiger partial charge in [-0.15, -0.1) is 0 Å². The number of nitro benzene ring substituents is 1. The molecule has 1 amide bonds. The van der Waals surface area contributed by atoms with E-state index in [1.54, 1.807) is 4.90 Å². The summed E-state index contributed by atoms with van der Waals surface area (Å²) in [7, 11) is 0. The molecule has 7 heteroatoms. The van der Waals surface area contributed by atoms with Gasteiger partial charge >= 0.3 is 5.97 Å². The van der Waals surface area contributed by atoms with Crippen molar-refractivity contribution >= 4 is 17.6 Å². The summed E-state index contributed by atoms with van der Waals surface area (Å²) in [4.78, 5) is 36.6. The summed E-state index contributed by atoms with van der Waals surface area (Å²) in [5.41, 5.74) is 0.387. The zero-order valence-electron chi connectivity index (χ0n) is 16.6. The summed E-state index contributed by atoms with van der Waals surface area (Å²) >= 11 is 0. The Balaban J connectivity index is 1.69. The maximum Gasteiger partial charge on any atom is 0.309 e. The number of carbonyl (C=O) groups is 2. The van der Waals surface area contributed by atoms with Crippen LogP contribution in [0.25, 0.3) is 0 Å². The number of rotatable bonds is 10. The predicted octanol–water partition coefficient (Wildman–Crippen LogP) is 4.35. The average Bonchev–Trinajstić information content (AvgIpc) is 2.72. The highest BCUT2D eigenvalue weighted by atomic mass is 16.6. The molecule has 1 aliphatic heterocycles. The third-order valence-electron chi connectivity index (χ3n) is 5.18. The van der Waals surface area contributed by atoms with Gasteiger partial charge in [-0.05, 0) is 31.4 Å². The quantitative estimate of drug-likeness (QED) is 0.256. The highest BCUT2D eigenvalue weighted by Gasteiger charge is 2.28. The first kappa shape index (κ1) is 21.9. The van der Waals surface area contributed by atoms with Gasteiger partial charge in [0.05, 0.1) is 17.4 Å². The van der Waals surface area contributed by atoms with E-state index < -0.39 is 4.92 Å². The Bertz CT molecular complexity index is 651. The number of hydrogen-bond acceptors (Lipinski definition) is 5. The van der Waals surface area contributed by atoms with Gasteiger partial charge in [-0.2, -0.15) is 0 Å². The van der Waals surface area contributed by atoms with Gasteiger partial charge in [-0.3, -0.25) is 19.7 Å². The zero-order chi connectivity index (χ0) is 20.4. The standard InChI is InChI=1S/C21H30N2O5/c1-2-3-4-5-6-7-16-28-21(25)18-12-14-22(15-13-18)20(24)17-8-10-19(11-9-17)23(26)27/h8-11,18H,2-7,12-16H2,1H3. The Morgan fingerprint density at radius 1 is 1.07 bits per heavy atom. The van der Waals surface area contributed by atoms with Crippen molar-refractivity contribution in [1.29, 1.82) is 0 Å². The first-order valence-electron chi connectivity index (χ1n) is 10.2. The van der Waals surface area contributed by atoms with Crippen molar-refractivity contribution in [2.45, 2.75) is 58.3 Å². The van der Waals surface area contributed by atoms with Gasteiger partial charge in [0, 0.05) is 30.8 Å². The first-order chi connectivity index (χ1) is 13.5. The fourth-order valence-electron chi connectivity index (χ4n) is 3.40. The van der Waals surface area contributed by atoms with Crippen molar-refractivity contribution in [3.05, 3.63) is 39.9 Å². The Morgan fingerprint density at radius 3 is 2.29 bits per heavy atom. The van der Waals surface area contributed by atoms with Gasteiger partial charge in [-0.1, -0.05) is 39.0 Å². The fourth-order valence-corrected chi connectivity index (χ4v) is 3.40. The molecular weight excluding hydrogens is 360 g/mol. The molecule has 1 fully saturated rings. The SMILES string of the molecule is CCCCCCCCOC(=O)C1CCN(C(=O)c2ccc([N+](=O)[O-])cc2)CC1. The molecule has 154 valence electrons. The molecule has 0 saturated carbocycles. The van der Waals surface area contributed by atoms with Gasteiger partial charge < -0.3 is 9.64 Å². The lowest BCUT2D eigenvalue weighted by molar-refractivity contribution is -0.384. The van der Waals surface area contributed by atoms with E-state index in [1.165, 1.54) is 49.9 Å². The average molecular weight is 390 g/mol. The predicted molar refractivity (Wildman–Crippen MR) is 106 cm³/mol. The third-order valence-corrected chi connectivity index (χ3v) is 5.18. The van der Waals surface area contributed by atoms with Crippen LogP contribution in [0.3, 0.4) is 0 Å². The Kier molecular flexibility index (Phi) is 8.91. The van der Waals surface area contributed by atoms with Crippen LogP contribution in [-0.4, -0.2) is 41.4 Å². The van der Waals surface area contributed by atoms with Crippen LogP contribution < -0.4 is 0 Å². The normalized spacial score (nSPS) is 14.7. The van der Waals surface area contributed by atoms with E-state index in [9.17, 15) is 19.7 Å². The molecule has 28 heavy (non-hydrogen) atoms. The van der Waals surface area contributed by atoms with Crippen molar-refractivity contribution in [1.82, 2.24) is 4.90 Å². The monoisotopic (exact) mass is 390 g/mol. The summed E-state index contributed by atoms with van der Waals surface area (Å²) in [6, 6.07) is 5.61. The molecule has 1 aliphatic rings. The van der Waals surface area contributed by atoms with E-state index in [-0.39, 0.29) is 23.5 Å². The number of benzene rings is 1. The van der Waals surface area contributed by atoms with Crippen LogP contribution in [0.2, 0.25) is 0 Å². The van der Waals surface area contributed by atoms with Crippen molar-refractivity contribution < 1.29 is 19.2 Å². The number of unbranched alkanes of at least 4 members (excludes halogenated alkanes) is 5. The number of nitro groups is 1. The van der Waals surface area contributed by atoms with E-state index in [4.69, 9.17) is 4.74 Å². The third kappa shape index (κ3) is 6.62. The molecule has 1 saturated heterocycles. The summed E-state index contributed by atoms with van der Waals surface area (Å²) in [5.74, 6) is -0.467. The van der Waals surface area contributed by atoms with Crippen molar-refractivity contribution in [2.24, 2.45) is 5.92 Å². The van der Waals surface area contributed by atoms with Crippen LogP contribution in [0.4, 0.5) is 5.69 Å². The molecule has 0 aliphatic carbocycles. The second kappa shape index (κ2) is 11.4. The second-order valence-corrected chi connectivity index (χ2v) is 7.31. The Morgan fingerprint density at radius 2 is 1.68 bits per heavy atom. The fraction of sp³-hybridized carbons (Fsp3) is 0.619. The molecule has 1 heterocycles. The summed E-state index contributed by atoms with van der Waals surface area (Å²) in [5, 5.41) is 10.7. The van der Waals surface area contributed by atoms with Gasteiger partial charge in [0.25, 0.3) is 11.6 Å². The number of amides is 1. The summed E-state index contributed by atoms with van der Waals surface area (Å²) in [6.45, 7) is 3.65. The summed E-state index contributed by atoms with van der Waals surface area (Å²) in [6.07, 6.45) is 8.10. The maximum atomic E-state index is 12.5. The van der Waals surface area contributed by atoms with Crippen LogP contribution in [0, 0.1) is 16.0 Å². The van der Waals surface area contributed by atoms with Crippen LogP contribution in [-0.2, 0) is 9.53 Å². The molecular formula is C21H30N2O5. The van der Waals surface area contributed by atoms with Crippen LogP contribution in [0.5, 0.6) is 0 Å². The molecule has 0 radical (unpaired) electrons.